The van der Waals surface area contributed by atoms with Gasteiger partial charge in [0.2, 0.25) is 0 Å². The Morgan fingerprint density at radius 3 is 1.69 bits per heavy atom. The van der Waals surface area contributed by atoms with Gasteiger partial charge in [0.1, 0.15) is 6.17 Å². The molecule has 0 spiro atoms. The first-order valence-corrected chi connectivity index (χ1v) is 8.62. The van der Waals surface area contributed by atoms with Crippen LogP contribution in [-0.2, 0) is 0 Å². The van der Waals surface area contributed by atoms with Crippen molar-refractivity contribution in [2.45, 2.75) is 6.17 Å². The van der Waals surface area contributed by atoms with Crippen LogP contribution >= 0.6 is 0 Å². The molecule has 1 heterocycles. The summed E-state index contributed by atoms with van der Waals surface area (Å²) < 4.78 is 0. The van der Waals surface area contributed by atoms with E-state index in [1.165, 1.54) is 0 Å². The van der Waals surface area contributed by atoms with Gasteiger partial charge in [0.05, 0.1) is 10.5 Å². The van der Waals surface area contributed by atoms with Gasteiger partial charge in [-0.25, -0.2) is 0 Å². The maximum absolute atomic E-state index is 11.6. The third kappa shape index (κ3) is 2.88. The van der Waals surface area contributed by atoms with Crippen LogP contribution in [-0.4, -0.2) is 18.0 Å². The molecule has 130 valence electrons. The third-order valence-corrected chi connectivity index (χ3v) is 4.76. The van der Waals surface area contributed by atoms with Crippen LogP contribution in [0.4, 0.5) is 17.1 Å². The first kappa shape index (κ1) is 16.1. The number of hydrogen-bond acceptors (Lipinski definition) is 4. The highest BCUT2D eigenvalue weighted by atomic mass is 16.6. The van der Waals surface area contributed by atoms with E-state index in [1.54, 1.807) is 12.1 Å². The van der Waals surface area contributed by atoms with Crippen molar-refractivity contribution in [3.05, 3.63) is 101 Å². The predicted molar refractivity (Wildman–Crippen MR) is 103 cm³/mol. The fraction of sp³-hybridized carbons (Fsp3) is 0.143. The second-order valence-electron chi connectivity index (χ2n) is 6.25. The molecule has 1 aliphatic rings. The summed E-state index contributed by atoms with van der Waals surface area (Å²) in [6, 6.07) is 27.2. The fourth-order valence-corrected chi connectivity index (χ4v) is 3.62. The molecule has 0 unspecified atom stereocenters. The first-order chi connectivity index (χ1) is 12.8. The molecule has 0 radical (unpaired) electrons. The quantitative estimate of drug-likeness (QED) is 0.511. The lowest BCUT2D eigenvalue weighted by molar-refractivity contribution is -0.385. The van der Waals surface area contributed by atoms with Crippen molar-refractivity contribution in [2.24, 2.45) is 0 Å². The summed E-state index contributed by atoms with van der Waals surface area (Å²) in [4.78, 5) is 15.8. The number of para-hydroxylation sites is 3. The number of rotatable bonds is 4. The molecule has 0 N–H and O–H groups in total. The Balaban J connectivity index is 1.84. The van der Waals surface area contributed by atoms with Crippen LogP contribution in [0, 0.1) is 10.1 Å². The van der Waals surface area contributed by atoms with Crippen molar-refractivity contribution in [3.8, 4) is 0 Å². The lowest BCUT2D eigenvalue weighted by Gasteiger charge is -2.33. The zero-order valence-electron chi connectivity index (χ0n) is 14.2. The SMILES string of the molecule is O=[N+]([O-])c1ccccc1C1N(c2ccccc2)CCN1c1ccccc1. The second kappa shape index (κ2) is 6.88. The lowest BCUT2D eigenvalue weighted by atomic mass is 10.1. The van der Waals surface area contributed by atoms with E-state index in [-0.39, 0.29) is 16.8 Å². The fourth-order valence-electron chi connectivity index (χ4n) is 3.62. The van der Waals surface area contributed by atoms with Gasteiger partial charge < -0.3 is 9.80 Å². The first-order valence-electron chi connectivity index (χ1n) is 8.62. The van der Waals surface area contributed by atoms with Crippen molar-refractivity contribution in [1.82, 2.24) is 0 Å². The Morgan fingerprint density at radius 1 is 0.731 bits per heavy atom. The molecule has 26 heavy (non-hydrogen) atoms. The second-order valence-corrected chi connectivity index (χ2v) is 6.25. The molecule has 3 aromatic carbocycles. The average Bonchev–Trinajstić information content (AvgIpc) is 3.14. The molecular weight excluding hydrogens is 326 g/mol. The van der Waals surface area contributed by atoms with E-state index < -0.39 is 0 Å². The van der Waals surface area contributed by atoms with E-state index in [1.807, 2.05) is 48.5 Å². The topological polar surface area (TPSA) is 49.6 Å². The maximum atomic E-state index is 11.6. The van der Waals surface area contributed by atoms with Gasteiger partial charge in [-0.3, -0.25) is 10.1 Å². The Hall–Kier alpha value is -3.34. The predicted octanol–water partition coefficient (Wildman–Crippen LogP) is 4.62. The molecule has 1 saturated heterocycles. The number of nitro benzene ring substituents is 1. The van der Waals surface area contributed by atoms with Gasteiger partial charge in [-0.2, -0.15) is 0 Å². The molecule has 0 aliphatic carbocycles. The summed E-state index contributed by atoms with van der Waals surface area (Å²) in [6.45, 7) is 1.60. The molecule has 3 aromatic rings. The largest absolute Gasteiger partial charge is 0.345 e. The minimum absolute atomic E-state index is 0.154. The van der Waals surface area contributed by atoms with Crippen LogP contribution in [0.3, 0.4) is 0 Å². The highest BCUT2D eigenvalue weighted by Crippen LogP contribution is 2.40. The van der Waals surface area contributed by atoms with E-state index in [4.69, 9.17) is 0 Å². The van der Waals surface area contributed by atoms with Gasteiger partial charge in [-0.1, -0.05) is 48.5 Å². The standard InChI is InChI=1S/C21H19N3O2/c25-24(26)20-14-8-7-13-19(20)21-22(17-9-3-1-4-10-17)15-16-23(21)18-11-5-2-6-12-18/h1-14,21H,15-16H2. The van der Waals surface area contributed by atoms with Crippen LogP contribution in [0.5, 0.6) is 0 Å². The molecule has 1 aliphatic heterocycles. The molecule has 1 fully saturated rings. The number of benzene rings is 3. The van der Waals surface area contributed by atoms with Crippen molar-refractivity contribution >= 4 is 17.1 Å². The Labute approximate surface area is 152 Å². The van der Waals surface area contributed by atoms with Crippen LogP contribution in [0.25, 0.3) is 0 Å². The van der Waals surface area contributed by atoms with Crippen molar-refractivity contribution in [1.29, 1.82) is 0 Å². The Morgan fingerprint density at radius 2 is 1.19 bits per heavy atom. The number of hydrogen-bond donors (Lipinski definition) is 0. The van der Waals surface area contributed by atoms with E-state index in [2.05, 4.69) is 34.1 Å². The van der Waals surface area contributed by atoms with Crippen molar-refractivity contribution in [3.63, 3.8) is 0 Å². The molecule has 5 heteroatoms. The molecule has 0 saturated carbocycles. The van der Waals surface area contributed by atoms with Gasteiger partial charge in [-0.15, -0.1) is 0 Å². The zero-order valence-corrected chi connectivity index (χ0v) is 14.2. The molecule has 4 rings (SSSR count). The highest BCUT2D eigenvalue weighted by Gasteiger charge is 2.37. The van der Waals surface area contributed by atoms with Crippen LogP contribution < -0.4 is 9.80 Å². The van der Waals surface area contributed by atoms with Crippen molar-refractivity contribution in [2.75, 3.05) is 22.9 Å². The van der Waals surface area contributed by atoms with Crippen LogP contribution in [0.2, 0.25) is 0 Å². The molecule has 0 atom stereocenters. The minimum atomic E-state index is -0.292. The van der Waals surface area contributed by atoms with Gasteiger partial charge in [0, 0.05) is 30.5 Å². The number of anilines is 2. The number of nitro groups is 1. The zero-order chi connectivity index (χ0) is 17.9. The van der Waals surface area contributed by atoms with Crippen LogP contribution in [0.15, 0.2) is 84.9 Å². The highest BCUT2D eigenvalue weighted by molar-refractivity contribution is 5.61. The summed E-state index contributed by atoms with van der Waals surface area (Å²) in [6.07, 6.45) is -0.221. The van der Waals surface area contributed by atoms with Gasteiger partial charge in [-0.05, 0) is 30.3 Å². The van der Waals surface area contributed by atoms with Gasteiger partial charge >= 0.3 is 0 Å². The van der Waals surface area contributed by atoms with Crippen LogP contribution in [0.1, 0.15) is 11.7 Å². The van der Waals surface area contributed by atoms with Crippen molar-refractivity contribution < 1.29 is 4.92 Å². The molecule has 5 nitrogen and oxygen atoms in total. The summed E-state index contributed by atoms with van der Waals surface area (Å²) >= 11 is 0. The molecular formula is C21H19N3O2. The molecule has 0 aromatic heterocycles. The summed E-state index contributed by atoms with van der Waals surface area (Å²) in [7, 11) is 0. The lowest BCUT2D eigenvalue weighted by Crippen LogP contribution is -2.31. The smallest absolute Gasteiger partial charge is 0.276 e. The monoisotopic (exact) mass is 345 g/mol. The van der Waals surface area contributed by atoms with E-state index >= 15 is 0 Å². The van der Waals surface area contributed by atoms with E-state index in [9.17, 15) is 10.1 Å². The third-order valence-electron chi connectivity index (χ3n) is 4.76. The summed E-state index contributed by atoms with van der Waals surface area (Å²) in [5.74, 6) is 0. The normalized spacial score (nSPS) is 14.6. The maximum Gasteiger partial charge on any atom is 0.276 e. The Kier molecular flexibility index (Phi) is 4.27. The van der Waals surface area contributed by atoms with Gasteiger partial charge in [0.15, 0.2) is 0 Å². The average molecular weight is 345 g/mol. The molecule has 0 bridgehead atoms. The minimum Gasteiger partial charge on any atom is -0.345 e. The van der Waals surface area contributed by atoms with E-state index in [0.29, 0.717) is 5.56 Å². The summed E-state index contributed by atoms with van der Waals surface area (Å²) in [5, 5.41) is 11.6. The van der Waals surface area contributed by atoms with E-state index in [0.717, 1.165) is 24.5 Å². The Bertz CT molecular complexity index is 852. The summed E-state index contributed by atoms with van der Waals surface area (Å²) in [5.41, 5.74) is 2.99. The number of nitrogens with zero attached hydrogens (tertiary/aromatic N) is 3. The molecule has 0 amide bonds. The van der Waals surface area contributed by atoms with Gasteiger partial charge in [0.25, 0.3) is 5.69 Å².